The lowest BCUT2D eigenvalue weighted by molar-refractivity contribution is -0.131. The van der Waals surface area contributed by atoms with Gasteiger partial charge in [0.05, 0.1) is 12.2 Å². The first-order valence-electron chi connectivity index (χ1n) is 13.9. The zero-order valence-corrected chi connectivity index (χ0v) is 23.7. The minimum absolute atomic E-state index is 0.101. The molecule has 0 unspecified atom stereocenters. The van der Waals surface area contributed by atoms with Crippen LogP contribution in [0.1, 0.15) is 57.4 Å². The van der Waals surface area contributed by atoms with Crippen molar-refractivity contribution in [3.63, 3.8) is 0 Å². The van der Waals surface area contributed by atoms with Crippen LogP contribution in [0.2, 0.25) is 0 Å². The van der Waals surface area contributed by atoms with Crippen LogP contribution < -0.4 is 9.47 Å². The Morgan fingerprint density at radius 2 is 1.43 bits per heavy atom. The van der Waals surface area contributed by atoms with Crippen LogP contribution in [0.25, 0.3) is 22.3 Å². The highest BCUT2D eigenvalue weighted by molar-refractivity contribution is 5.91. The molecule has 1 aliphatic carbocycles. The van der Waals surface area contributed by atoms with E-state index in [1.54, 1.807) is 25.1 Å². The Labute approximate surface area is 237 Å². The van der Waals surface area contributed by atoms with Gasteiger partial charge in [-0.3, -0.25) is 0 Å². The van der Waals surface area contributed by atoms with E-state index in [1.807, 2.05) is 24.3 Å². The summed E-state index contributed by atoms with van der Waals surface area (Å²) in [5, 5.41) is 0. The number of carbonyl (C=O) groups excluding carboxylic acids is 2. The van der Waals surface area contributed by atoms with Crippen molar-refractivity contribution in [1.29, 1.82) is 0 Å². The van der Waals surface area contributed by atoms with Gasteiger partial charge in [0, 0.05) is 18.2 Å². The van der Waals surface area contributed by atoms with Gasteiger partial charge in [0.15, 0.2) is 0 Å². The van der Waals surface area contributed by atoms with Crippen molar-refractivity contribution in [1.82, 2.24) is 0 Å². The summed E-state index contributed by atoms with van der Waals surface area (Å²) < 4.78 is 16.1. The molecule has 0 radical (unpaired) electrons. The largest absolute Gasteiger partial charge is 0.423 e. The molecule has 0 heterocycles. The average molecular weight is 539 g/mol. The highest BCUT2D eigenvalue weighted by Crippen LogP contribution is 2.39. The number of rotatable bonds is 10. The Morgan fingerprint density at radius 1 is 0.800 bits per heavy atom. The summed E-state index contributed by atoms with van der Waals surface area (Å²) >= 11 is 0. The Hall–Kier alpha value is -3.96. The van der Waals surface area contributed by atoms with E-state index >= 15 is 0 Å². The Balaban J connectivity index is 1.63. The maximum Gasteiger partial charge on any atom is 0.341 e. The predicted octanol–water partition coefficient (Wildman–Crippen LogP) is 8.29. The normalized spacial score (nSPS) is 16.7. The molecule has 3 aromatic rings. The number of ether oxygens (including phenoxy) is 3. The molecule has 0 bridgehead atoms. The zero-order chi connectivity index (χ0) is 28.6. The monoisotopic (exact) mass is 538 g/mol. The molecule has 4 rings (SSSR count). The lowest BCUT2D eigenvalue weighted by atomic mass is 9.77. The lowest BCUT2D eigenvalue weighted by Crippen LogP contribution is -2.14. The molecule has 1 saturated carbocycles. The number of carbonyl (C=O) groups is 2. The SMILES string of the molecule is C=C(C)C(=O)Oc1ccc(-c2ccc(OC(=O)C(=C)COC)c(-c3ccc(C4CCC(CC)CC4)cc3)c2)cc1. The summed E-state index contributed by atoms with van der Waals surface area (Å²) in [5.74, 6) is 1.37. The first kappa shape index (κ1) is 29.0. The van der Waals surface area contributed by atoms with Crippen LogP contribution >= 0.6 is 0 Å². The van der Waals surface area contributed by atoms with Crippen molar-refractivity contribution < 1.29 is 23.8 Å². The van der Waals surface area contributed by atoms with E-state index in [0.717, 1.165) is 28.2 Å². The van der Waals surface area contributed by atoms with Crippen LogP contribution in [0.15, 0.2) is 91.0 Å². The van der Waals surface area contributed by atoms with E-state index in [0.29, 0.717) is 23.0 Å². The van der Waals surface area contributed by atoms with Crippen LogP contribution in [0, 0.1) is 5.92 Å². The number of methoxy groups -OCH3 is 1. The van der Waals surface area contributed by atoms with E-state index in [9.17, 15) is 9.59 Å². The molecule has 0 atom stereocenters. The fourth-order valence-electron chi connectivity index (χ4n) is 5.18. The first-order valence-corrected chi connectivity index (χ1v) is 13.9. The highest BCUT2D eigenvalue weighted by atomic mass is 16.5. The van der Waals surface area contributed by atoms with Gasteiger partial charge in [-0.1, -0.05) is 69.0 Å². The van der Waals surface area contributed by atoms with E-state index < -0.39 is 11.9 Å². The molecule has 5 nitrogen and oxygen atoms in total. The second kappa shape index (κ2) is 13.4. The molecule has 40 heavy (non-hydrogen) atoms. The van der Waals surface area contributed by atoms with Gasteiger partial charge < -0.3 is 14.2 Å². The molecule has 0 N–H and O–H groups in total. The molecule has 0 saturated heterocycles. The molecule has 1 aliphatic rings. The van der Waals surface area contributed by atoms with E-state index in [-0.39, 0.29) is 12.2 Å². The Morgan fingerprint density at radius 3 is 2.02 bits per heavy atom. The maximum absolute atomic E-state index is 12.7. The summed E-state index contributed by atoms with van der Waals surface area (Å²) in [6, 6.07) is 21.6. The summed E-state index contributed by atoms with van der Waals surface area (Å²) in [7, 11) is 1.51. The second-order valence-corrected chi connectivity index (χ2v) is 10.6. The molecular weight excluding hydrogens is 500 g/mol. The van der Waals surface area contributed by atoms with Crippen molar-refractivity contribution in [2.24, 2.45) is 5.92 Å². The van der Waals surface area contributed by atoms with Crippen LogP contribution in [0.4, 0.5) is 0 Å². The van der Waals surface area contributed by atoms with Gasteiger partial charge in [0.1, 0.15) is 11.5 Å². The van der Waals surface area contributed by atoms with Crippen molar-refractivity contribution in [2.75, 3.05) is 13.7 Å². The van der Waals surface area contributed by atoms with Crippen LogP contribution in [0.3, 0.4) is 0 Å². The molecule has 208 valence electrons. The molecule has 5 heteroatoms. The van der Waals surface area contributed by atoms with Gasteiger partial charge in [0.2, 0.25) is 0 Å². The lowest BCUT2D eigenvalue weighted by Gasteiger charge is -2.28. The number of hydrogen-bond donors (Lipinski definition) is 0. The second-order valence-electron chi connectivity index (χ2n) is 10.6. The van der Waals surface area contributed by atoms with Crippen LogP contribution in [-0.2, 0) is 14.3 Å². The molecule has 0 spiro atoms. The first-order chi connectivity index (χ1) is 19.3. The van der Waals surface area contributed by atoms with Gasteiger partial charge in [-0.25, -0.2) is 9.59 Å². The fraction of sp³-hybridized carbons (Fsp3) is 0.314. The van der Waals surface area contributed by atoms with E-state index in [1.165, 1.54) is 44.8 Å². The summed E-state index contributed by atoms with van der Waals surface area (Å²) in [6.45, 7) is 11.4. The third kappa shape index (κ3) is 7.16. The quantitative estimate of drug-likeness (QED) is 0.148. The molecule has 0 aromatic heterocycles. The maximum atomic E-state index is 12.7. The standard InChI is InChI=1S/C35H38O5/c1-6-25-7-9-26(10-8-25)27-11-13-29(14-12-27)32-21-30(17-20-33(32)40-35(37)24(4)22-38-5)28-15-18-31(19-16-28)39-34(36)23(2)3/h11-21,25-26H,2,4,6-10,22H2,1,3,5H3. The zero-order valence-electron chi connectivity index (χ0n) is 23.7. The van der Waals surface area contributed by atoms with Gasteiger partial charge in [-0.05, 0) is 91.0 Å². The third-order valence-corrected chi connectivity index (χ3v) is 7.65. The summed E-state index contributed by atoms with van der Waals surface area (Å²) in [5.41, 5.74) is 5.58. The van der Waals surface area contributed by atoms with E-state index in [4.69, 9.17) is 14.2 Å². The number of esters is 2. The van der Waals surface area contributed by atoms with Crippen molar-refractivity contribution >= 4 is 11.9 Å². The summed E-state index contributed by atoms with van der Waals surface area (Å²) in [6.07, 6.45) is 6.32. The van der Waals surface area contributed by atoms with Crippen LogP contribution in [-0.4, -0.2) is 25.7 Å². The van der Waals surface area contributed by atoms with Gasteiger partial charge >= 0.3 is 11.9 Å². The number of hydrogen-bond acceptors (Lipinski definition) is 5. The minimum atomic E-state index is -0.524. The van der Waals surface area contributed by atoms with Crippen molar-refractivity contribution in [3.8, 4) is 33.8 Å². The van der Waals surface area contributed by atoms with Gasteiger partial charge in [-0.2, -0.15) is 0 Å². The van der Waals surface area contributed by atoms with Gasteiger partial charge in [0.25, 0.3) is 0 Å². The van der Waals surface area contributed by atoms with Gasteiger partial charge in [-0.15, -0.1) is 0 Å². The van der Waals surface area contributed by atoms with Crippen molar-refractivity contribution in [2.45, 2.75) is 51.9 Å². The highest BCUT2D eigenvalue weighted by Gasteiger charge is 2.22. The molecular formula is C35H38O5. The topological polar surface area (TPSA) is 61.8 Å². The minimum Gasteiger partial charge on any atom is -0.423 e. The Bertz CT molecular complexity index is 1360. The molecule has 1 fully saturated rings. The molecule has 3 aromatic carbocycles. The third-order valence-electron chi connectivity index (χ3n) is 7.65. The Kier molecular flexibility index (Phi) is 9.73. The van der Waals surface area contributed by atoms with E-state index in [2.05, 4.69) is 44.3 Å². The number of benzene rings is 3. The fourth-order valence-corrected chi connectivity index (χ4v) is 5.18. The smallest absolute Gasteiger partial charge is 0.341 e. The summed E-state index contributed by atoms with van der Waals surface area (Å²) in [4.78, 5) is 24.5. The van der Waals surface area contributed by atoms with Crippen LogP contribution in [0.5, 0.6) is 11.5 Å². The predicted molar refractivity (Wildman–Crippen MR) is 159 cm³/mol. The van der Waals surface area contributed by atoms with Crippen molar-refractivity contribution in [3.05, 3.63) is 96.6 Å². The molecule has 0 aliphatic heterocycles. The molecule has 0 amide bonds. The average Bonchev–Trinajstić information content (AvgIpc) is 2.98.